The molecule has 0 saturated heterocycles. The molecule has 0 atom stereocenters. The maximum atomic E-state index is 12.8. The minimum absolute atomic E-state index is 0.227. The number of hydrogen-bond donors (Lipinski definition) is 1. The zero-order valence-corrected chi connectivity index (χ0v) is 10.5. The van der Waals surface area contributed by atoms with Crippen LogP contribution >= 0.6 is 0 Å². The van der Waals surface area contributed by atoms with Crippen LogP contribution in [0.25, 0.3) is 0 Å². The molecule has 1 heterocycles. The first kappa shape index (κ1) is 12.4. The SMILES string of the molecule is Cc1cnc(N(C)Cc2ccc(F)cc2)c(N)c1. The summed E-state index contributed by atoms with van der Waals surface area (Å²) >= 11 is 0. The third-order valence-electron chi connectivity index (χ3n) is 2.73. The molecular formula is C14H16FN3. The van der Waals surface area contributed by atoms with E-state index >= 15 is 0 Å². The van der Waals surface area contributed by atoms with Gasteiger partial charge in [-0.3, -0.25) is 0 Å². The lowest BCUT2D eigenvalue weighted by Gasteiger charge is -2.20. The molecule has 0 aliphatic heterocycles. The van der Waals surface area contributed by atoms with Gasteiger partial charge in [-0.25, -0.2) is 9.37 Å². The topological polar surface area (TPSA) is 42.2 Å². The van der Waals surface area contributed by atoms with Crippen LogP contribution in [0.3, 0.4) is 0 Å². The van der Waals surface area contributed by atoms with Gasteiger partial charge in [0.2, 0.25) is 0 Å². The molecule has 94 valence electrons. The number of pyridine rings is 1. The molecule has 0 aliphatic rings. The Balaban J connectivity index is 2.16. The van der Waals surface area contributed by atoms with Gasteiger partial charge in [-0.15, -0.1) is 0 Å². The van der Waals surface area contributed by atoms with E-state index in [-0.39, 0.29) is 5.82 Å². The van der Waals surface area contributed by atoms with Crippen molar-refractivity contribution in [2.45, 2.75) is 13.5 Å². The molecule has 0 amide bonds. The van der Waals surface area contributed by atoms with Gasteiger partial charge in [0, 0.05) is 19.8 Å². The van der Waals surface area contributed by atoms with Gasteiger partial charge in [0.05, 0.1) is 5.69 Å². The molecule has 3 nitrogen and oxygen atoms in total. The molecule has 2 aromatic rings. The van der Waals surface area contributed by atoms with Gasteiger partial charge in [0.25, 0.3) is 0 Å². The molecule has 4 heteroatoms. The van der Waals surface area contributed by atoms with E-state index in [1.54, 1.807) is 18.3 Å². The highest BCUT2D eigenvalue weighted by Gasteiger charge is 2.07. The first-order valence-electron chi connectivity index (χ1n) is 5.74. The lowest BCUT2D eigenvalue weighted by atomic mass is 10.2. The number of nitrogen functional groups attached to an aromatic ring is 1. The van der Waals surface area contributed by atoms with Crippen LogP contribution in [0, 0.1) is 12.7 Å². The van der Waals surface area contributed by atoms with Crippen LogP contribution in [0.4, 0.5) is 15.9 Å². The second-order valence-electron chi connectivity index (χ2n) is 4.41. The number of halogens is 1. The summed E-state index contributed by atoms with van der Waals surface area (Å²) in [7, 11) is 1.91. The minimum atomic E-state index is -0.227. The first-order valence-corrected chi connectivity index (χ1v) is 5.74. The Morgan fingerprint density at radius 3 is 2.56 bits per heavy atom. The smallest absolute Gasteiger partial charge is 0.151 e. The summed E-state index contributed by atoms with van der Waals surface area (Å²) in [6.45, 7) is 2.59. The second-order valence-corrected chi connectivity index (χ2v) is 4.41. The molecule has 0 fully saturated rings. The van der Waals surface area contributed by atoms with E-state index in [1.807, 2.05) is 24.9 Å². The number of hydrogen-bond acceptors (Lipinski definition) is 3. The largest absolute Gasteiger partial charge is 0.396 e. The van der Waals surface area contributed by atoms with Crippen molar-refractivity contribution in [1.29, 1.82) is 0 Å². The third kappa shape index (κ3) is 2.77. The molecule has 0 spiro atoms. The van der Waals surface area contributed by atoms with Gasteiger partial charge in [0.1, 0.15) is 5.82 Å². The van der Waals surface area contributed by atoms with Crippen molar-refractivity contribution in [2.24, 2.45) is 0 Å². The second kappa shape index (κ2) is 5.04. The summed E-state index contributed by atoms with van der Waals surface area (Å²) in [5.74, 6) is 0.513. The Morgan fingerprint density at radius 2 is 1.94 bits per heavy atom. The van der Waals surface area contributed by atoms with Crippen LogP contribution in [-0.2, 0) is 6.54 Å². The zero-order chi connectivity index (χ0) is 13.1. The highest BCUT2D eigenvalue weighted by atomic mass is 19.1. The standard InChI is InChI=1S/C14H16FN3/c1-10-7-13(16)14(17-8-10)18(2)9-11-3-5-12(15)6-4-11/h3-8H,9,16H2,1-2H3. The van der Waals surface area contributed by atoms with Gasteiger partial charge in [-0.05, 0) is 36.2 Å². The number of rotatable bonds is 3. The molecule has 1 aromatic heterocycles. The fourth-order valence-corrected chi connectivity index (χ4v) is 1.84. The van der Waals surface area contributed by atoms with E-state index in [2.05, 4.69) is 4.98 Å². The highest BCUT2D eigenvalue weighted by Crippen LogP contribution is 2.21. The fourth-order valence-electron chi connectivity index (χ4n) is 1.84. The number of nitrogens with zero attached hydrogens (tertiary/aromatic N) is 2. The predicted octanol–water partition coefficient (Wildman–Crippen LogP) is 2.75. The summed E-state index contributed by atoms with van der Waals surface area (Å²) in [6.07, 6.45) is 1.78. The molecule has 0 unspecified atom stereocenters. The Kier molecular flexibility index (Phi) is 3.46. The zero-order valence-electron chi connectivity index (χ0n) is 10.5. The van der Waals surface area contributed by atoms with Gasteiger partial charge < -0.3 is 10.6 Å². The van der Waals surface area contributed by atoms with Crippen molar-refractivity contribution in [2.75, 3.05) is 17.7 Å². The quantitative estimate of drug-likeness (QED) is 0.904. The van der Waals surface area contributed by atoms with Crippen molar-refractivity contribution in [3.05, 3.63) is 53.5 Å². The van der Waals surface area contributed by atoms with Gasteiger partial charge in [-0.1, -0.05) is 12.1 Å². The van der Waals surface area contributed by atoms with Crippen LogP contribution in [0.5, 0.6) is 0 Å². The van der Waals surface area contributed by atoms with Crippen molar-refractivity contribution in [1.82, 2.24) is 4.98 Å². The van der Waals surface area contributed by atoms with E-state index in [4.69, 9.17) is 5.73 Å². The van der Waals surface area contributed by atoms with E-state index in [0.29, 0.717) is 12.2 Å². The van der Waals surface area contributed by atoms with E-state index in [0.717, 1.165) is 16.9 Å². The number of aryl methyl sites for hydroxylation is 1. The summed E-state index contributed by atoms with van der Waals surface area (Å²) in [5, 5.41) is 0. The Morgan fingerprint density at radius 1 is 1.28 bits per heavy atom. The van der Waals surface area contributed by atoms with Gasteiger partial charge in [0.15, 0.2) is 5.82 Å². The molecule has 0 aliphatic carbocycles. The monoisotopic (exact) mass is 245 g/mol. The van der Waals surface area contributed by atoms with Crippen molar-refractivity contribution < 1.29 is 4.39 Å². The average molecular weight is 245 g/mol. The Labute approximate surface area is 106 Å². The summed E-state index contributed by atoms with van der Waals surface area (Å²) in [6, 6.07) is 8.32. The number of anilines is 2. The maximum Gasteiger partial charge on any atom is 0.151 e. The van der Waals surface area contributed by atoms with Crippen molar-refractivity contribution in [3.8, 4) is 0 Å². The van der Waals surface area contributed by atoms with Crippen molar-refractivity contribution >= 4 is 11.5 Å². The van der Waals surface area contributed by atoms with Gasteiger partial charge in [-0.2, -0.15) is 0 Å². The van der Waals surface area contributed by atoms with Crippen molar-refractivity contribution in [3.63, 3.8) is 0 Å². The molecule has 0 bridgehead atoms. The van der Waals surface area contributed by atoms with E-state index in [1.165, 1.54) is 12.1 Å². The first-order chi connectivity index (χ1) is 8.56. The van der Waals surface area contributed by atoms with E-state index in [9.17, 15) is 4.39 Å². The normalized spacial score (nSPS) is 10.4. The van der Waals surface area contributed by atoms with Gasteiger partial charge >= 0.3 is 0 Å². The lowest BCUT2D eigenvalue weighted by molar-refractivity contribution is 0.627. The number of aromatic nitrogens is 1. The van der Waals surface area contributed by atoms with Crippen LogP contribution in [0.15, 0.2) is 36.5 Å². The molecule has 18 heavy (non-hydrogen) atoms. The minimum Gasteiger partial charge on any atom is -0.396 e. The van der Waals surface area contributed by atoms with Crippen LogP contribution in [0.1, 0.15) is 11.1 Å². The molecule has 2 N–H and O–H groups in total. The molecule has 0 saturated carbocycles. The third-order valence-corrected chi connectivity index (χ3v) is 2.73. The maximum absolute atomic E-state index is 12.8. The summed E-state index contributed by atoms with van der Waals surface area (Å²) in [5.41, 5.74) is 8.64. The molecule has 1 aromatic carbocycles. The summed E-state index contributed by atoms with van der Waals surface area (Å²) < 4.78 is 12.8. The predicted molar refractivity (Wildman–Crippen MR) is 71.9 cm³/mol. The van der Waals surface area contributed by atoms with Crippen LogP contribution in [-0.4, -0.2) is 12.0 Å². The average Bonchev–Trinajstić information content (AvgIpc) is 2.32. The Bertz CT molecular complexity index is 537. The van der Waals surface area contributed by atoms with Crippen LogP contribution < -0.4 is 10.6 Å². The molecule has 0 radical (unpaired) electrons. The van der Waals surface area contributed by atoms with Crippen LogP contribution in [0.2, 0.25) is 0 Å². The summed E-state index contributed by atoms with van der Waals surface area (Å²) in [4.78, 5) is 6.26. The lowest BCUT2D eigenvalue weighted by Crippen LogP contribution is -2.19. The number of benzene rings is 1. The Hall–Kier alpha value is -2.10. The fraction of sp³-hybridized carbons (Fsp3) is 0.214. The molecule has 2 rings (SSSR count). The van der Waals surface area contributed by atoms with E-state index < -0.39 is 0 Å². The number of nitrogens with two attached hydrogens (primary N) is 1. The highest BCUT2D eigenvalue weighted by molar-refractivity contribution is 5.63. The molecular weight excluding hydrogens is 229 g/mol.